The van der Waals surface area contributed by atoms with Crippen LogP contribution in [0.25, 0.3) is 10.9 Å². The molecule has 3 aromatic rings. The molecule has 0 bridgehead atoms. The predicted molar refractivity (Wildman–Crippen MR) is 135 cm³/mol. The van der Waals surface area contributed by atoms with Gasteiger partial charge in [-0.25, -0.2) is 4.39 Å². The first-order chi connectivity index (χ1) is 17.4. The SMILES string of the molecule is CN1CCC(CN(CC(=O)NCc2cccc(Cl)c2F)C(=O)Cn2nc(C=O)c3ccccc32)CC1. The van der Waals surface area contributed by atoms with Gasteiger partial charge in [0.1, 0.15) is 18.1 Å². The van der Waals surface area contributed by atoms with E-state index in [1.54, 1.807) is 24.3 Å². The van der Waals surface area contributed by atoms with Crippen molar-refractivity contribution in [3.63, 3.8) is 0 Å². The topological polar surface area (TPSA) is 87.5 Å². The second-order valence-electron chi connectivity index (χ2n) is 9.19. The second kappa shape index (κ2) is 11.6. The summed E-state index contributed by atoms with van der Waals surface area (Å²) in [6.07, 6.45) is 2.52. The molecule has 8 nitrogen and oxygen atoms in total. The van der Waals surface area contributed by atoms with Crippen molar-refractivity contribution in [1.29, 1.82) is 0 Å². The highest BCUT2D eigenvalue weighted by Gasteiger charge is 2.25. The lowest BCUT2D eigenvalue weighted by molar-refractivity contribution is -0.137. The maximum atomic E-state index is 14.2. The van der Waals surface area contributed by atoms with Gasteiger partial charge < -0.3 is 15.1 Å². The number of aldehydes is 1. The Morgan fingerprint density at radius 3 is 2.69 bits per heavy atom. The second-order valence-corrected chi connectivity index (χ2v) is 9.60. The van der Waals surface area contributed by atoms with E-state index in [0.717, 1.165) is 25.9 Å². The van der Waals surface area contributed by atoms with E-state index in [4.69, 9.17) is 11.6 Å². The standard InChI is InChI=1S/C26H29ClFN5O3/c1-31-11-9-18(10-12-31)14-32(15-24(35)29-13-19-5-4-7-21(27)26(19)28)25(36)16-33-23-8-3-2-6-20(23)22(17-34)30-33/h2-8,17-18H,9-16H2,1H3,(H,29,35). The summed E-state index contributed by atoms with van der Waals surface area (Å²) in [5, 5.41) is 7.65. The summed E-state index contributed by atoms with van der Waals surface area (Å²) in [5.74, 6) is -0.975. The molecule has 0 saturated carbocycles. The smallest absolute Gasteiger partial charge is 0.244 e. The molecule has 4 rings (SSSR count). The van der Waals surface area contributed by atoms with E-state index in [1.807, 2.05) is 12.1 Å². The van der Waals surface area contributed by atoms with E-state index >= 15 is 0 Å². The van der Waals surface area contributed by atoms with Gasteiger partial charge in [0.15, 0.2) is 6.29 Å². The van der Waals surface area contributed by atoms with Crippen LogP contribution in [0.5, 0.6) is 0 Å². The largest absolute Gasteiger partial charge is 0.350 e. The van der Waals surface area contributed by atoms with Gasteiger partial charge in [0.25, 0.3) is 0 Å². The van der Waals surface area contributed by atoms with Crippen LogP contribution in [-0.4, -0.2) is 70.9 Å². The molecule has 1 aliphatic rings. The van der Waals surface area contributed by atoms with Gasteiger partial charge in [0.2, 0.25) is 11.8 Å². The minimum absolute atomic E-state index is 0.0121. The molecule has 1 saturated heterocycles. The van der Waals surface area contributed by atoms with Crippen LogP contribution in [0.15, 0.2) is 42.5 Å². The number of piperidine rings is 1. The van der Waals surface area contributed by atoms with Crippen LogP contribution in [0.2, 0.25) is 5.02 Å². The molecule has 2 aromatic carbocycles. The number of nitrogens with zero attached hydrogens (tertiary/aromatic N) is 4. The van der Waals surface area contributed by atoms with E-state index in [-0.39, 0.29) is 47.7 Å². The highest BCUT2D eigenvalue weighted by Crippen LogP contribution is 2.20. The lowest BCUT2D eigenvalue weighted by atomic mass is 9.96. The lowest BCUT2D eigenvalue weighted by Crippen LogP contribution is -2.45. The number of carbonyl (C=O) groups is 3. The molecule has 190 valence electrons. The summed E-state index contributed by atoms with van der Waals surface area (Å²) in [6.45, 7) is 2.00. The zero-order valence-corrected chi connectivity index (χ0v) is 20.9. The molecular weight excluding hydrogens is 485 g/mol. The van der Waals surface area contributed by atoms with Crippen LogP contribution in [-0.2, 0) is 22.7 Å². The van der Waals surface area contributed by atoms with Gasteiger partial charge in [-0.15, -0.1) is 0 Å². The van der Waals surface area contributed by atoms with Gasteiger partial charge in [0, 0.05) is 24.0 Å². The quantitative estimate of drug-likeness (QED) is 0.444. The normalized spacial score (nSPS) is 14.6. The molecule has 2 amide bonds. The van der Waals surface area contributed by atoms with Crippen molar-refractivity contribution in [3.05, 3.63) is 64.6 Å². The molecule has 0 aliphatic carbocycles. The number of nitrogens with one attached hydrogen (secondary N) is 1. The lowest BCUT2D eigenvalue weighted by Gasteiger charge is -2.33. The maximum Gasteiger partial charge on any atom is 0.244 e. The molecule has 10 heteroatoms. The fourth-order valence-corrected chi connectivity index (χ4v) is 4.70. The Hall–Kier alpha value is -3.30. The summed E-state index contributed by atoms with van der Waals surface area (Å²) in [7, 11) is 2.06. The van der Waals surface area contributed by atoms with Gasteiger partial charge in [0.05, 0.1) is 17.1 Å². The maximum absolute atomic E-state index is 14.2. The number of para-hydroxylation sites is 1. The third kappa shape index (κ3) is 6.09. The van der Waals surface area contributed by atoms with Crippen LogP contribution >= 0.6 is 11.6 Å². The van der Waals surface area contributed by atoms with Crippen molar-refractivity contribution in [2.45, 2.75) is 25.9 Å². The Bertz CT molecular complexity index is 1260. The number of hydrogen-bond donors (Lipinski definition) is 1. The van der Waals surface area contributed by atoms with E-state index in [9.17, 15) is 18.8 Å². The predicted octanol–water partition coefficient (Wildman–Crippen LogP) is 3.13. The Morgan fingerprint density at radius 2 is 1.94 bits per heavy atom. The van der Waals surface area contributed by atoms with E-state index in [1.165, 1.54) is 15.6 Å². The van der Waals surface area contributed by atoms with Crippen LogP contribution in [0, 0.1) is 11.7 Å². The van der Waals surface area contributed by atoms with Crippen LogP contribution in [0.1, 0.15) is 28.9 Å². The number of fused-ring (bicyclic) bond motifs is 1. The fraction of sp³-hybridized carbons (Fsp3) is 0.385. The van der Waals surface area contributed by atoms with Crippen molar-refractivity contribution in [1.82, 2.24) is 24.9 Å². The summed E-state index contributed by atoms with van der Waals surface area (Å²) < 4.78 is 15.7. The summed E-state index contributed by atoms with van der Waals surface area (Å²) in [5.41, 5.74) is 1.21. The monoisotopic (exact) mass is 513 g/mol. The first kappa shape index (κ1) is 25.8. The molecule has 0 atom stereocenters. The van der Waals surface area contributed by atoms with Gasteiger partial charge in [-0.1, -0.05) is 41.9 Å². The average molecular weight is 514 g/mol. The Kier molecular flexibility index (Phi) is 8.32. The number of likely N-dealkylation sites (tertiary alicyclic amines) is 1. The molecule has 0 unspecified atom stereocenters. The van der Waals surface area contributed by atoms with Crippen molar-refractivity contribution in [2.24, 2.45) is 5.92 Å². The number of halogens is 2. The van der Waals surface area contributed by atoms with Crippen LogP contribution in [0.3, 0.4) is 0 Å². The Morgan fingerprint density at radius 1 is 1.19 bits per heavy atom. The zero-order valence-electron chi connectivity index (χ0n) is 20.1. The fourth-order valence-electron chi connectivity index (χ4n) is 4.51. The minimum Gasteiger partial charge on any atom is -0.350 e. The van der Waals surface area contributed by atoms with Gasteiger partial charge in [-0.3, -0.25) is 19.1 Å². The summed E-state index contributed by atoms with van der Waals surface area (Å²) >= 11 is 5.83. The van der Waals surface area contributed by atoms with E-state index in [0.29, 0.717) is 23.7 Å². The third-order valence-corrected chi connectivity index (χ3v) is 6.89. The van der Waals surface area contributed by atoms with Crippen molar-refractivity contribution in [3.8, 4) is 0 Å². The molecule has 1 N–H and O–H groups in total. The number of carbonyl (C=O) groups excluding carboxylic acids is 3. The van der Waals surface area contributed by atoms with E-state index in [2.05, 4.69) is 22.4 Å². The van der Waals surface area contributed by atoms with E-state index < -0.39 is 11.7 Å². The first-order valence-electron chi connectivity index (χ1n) is 11.9. The number of hydrogen-bond acceptors (Lipinski definition) is 5. The highest BCUT2D eigenvalue weighted by molar-refractivity contribution is 6.30. The Balaban J connectivity index is 1.48. The number of amides is 2. The van der Waals surface area contributed by atoms with Gasteiger partial charge in [-0.05, 0) is 51.0 Å². The zero-order chi connectivity index (χ0) is 25.7. The number of rotatable bonds is 9. The first-order valence-corrected chi connectivity index (χ1v) is 12.3. The number of aromatic nitrogens is 2. The summed E-state index contributed by atoms with van der Waals surface area (Å²) in [6, 6.07) is 11.8. The average Bonchev–Trinajstić information content (AvgIpc) is 3.23. The molecular formula is C26H29ClFN5O3. The molecule has 2 heterocycles. The highest BCUT2D eigenvalue weighted by atomic mass is 35.5. The summed E-state index contributed by atoms with van der Waals surface area (Å²) in [4.78, 5) is 41.4. The van der Waals surface area contributed by atoms with Crippen LogP contribution < -0.4 is 5.32 Å². The minimum atomic E-state index is -0.574. The molecule has 1 aliphatic heterocycles. The Labute approximate surface area is 214 Å². The third-order valence-electron chi connectivity index (χ3n) is 6.59. The molecule has 0 spiro atoms. The van der Waals surface area contributed by atoms with Crippen molar-refractivity contribution < 1.29 is 18.8 Å². The van der Waals surface area contributed by atoms with Gasteiger partial charge in [-0.2, -0.15) is 5.10 Å². The molecule has 36 heavy (non-hydrogen) atoms. The van der Waals surface area contributed by atoms with Crippen LogP contribution in [0.4, 0.5) is 4.39 Å². The molecule has 0 radical (unpaired) electrons. The molecule has 1 aromatic heterocycles. The van der Waals surface area contributed by atoms with Crippen molar-refractivity contribution in [2.75, 3.05) is 33.2 Å². The number of benzene rings is 2. The van der Waals surface area contributed by atoms with Crippen molar-refractivity contribution >= 4 is 40.6 Å². The van der Waals surface area contributed by atoms with Gasteiger partial charge >= 0.3 is 0 Å². The molecule has 1 fully saturated rings.